The summed E-state index contributed by atoms with van der Waals surface area (Å²) < 4.78 is 5.25. The summed E-state index contributed by atoms with van der Waals surface area (Å²) in [6.07, 6.45) is 3.22. The number of ether oxygens (including phenoxy) is 1. The normalized spacial score (nSPS) is 10.5. The van der Waals surface area contributed by atoms with E-state index in [4.69, 9.17) is 10.5 Å². The molecule has 0 atom stereocenters. The van der Waals surface area contributed by atoms with Crippen molar-refractivity contribution >= 4 is 22.8 Å². The lowest BCUT2D eigenvalue weighted by Crippen LogP contribution is -2.25. The Morgan fingerprint density at radius 3 is 2.74 bits per heavy atom. The number of anilines is 1. The molecule has 2 heterocycles. The Labute approximate surface area is 131 Å². The van der Waals surface area contributed by atoms with Crippen molar-refractivity contribution in [2.24, 2.45) is 0 Å². The smallest absolute Gasteiger partial charge is 0.271 e. The number of aromatic nitrogens is 4. The van der Waals surface area contributed by atoms with E-state index >= 15 is 0 Å². The highest BCUT2D eigenvalue weighted by Gasteiger charge is 2.16. The molecule has 0 saturated heterocycles. The van der Waals surface area contributed by atoms with Crippen LogP contribution in [-0.2, 0) is 6.54 Å². The zero-order valence-electron chi connectivity index (χ0n) is 12.4. The van der Waals surface area contributed by atoms with Gasteiger partial charge in [0.05, 0.1) is 13.7 Å². The second-order valence-electron chi connectivity index (χ2n) is 4.63. The van der Waals surface area contributed by atoms with Gasteiger partial charge >= 0.3 is 0 Å². The average molecular weight is 310 g/mol. The van der Waals surface area contributed by atoms with Crippen molar-refractivity contribution in [1.82, 2.24) is 25.3 Å². The number of carbonyl (C=O) groups is 1. The quantitative estimate of drug-likeness (QED) is 0.736. The number of hydrogen-bond donors (Lipinski definition) is 2. The number of rotatable bonds is 4. The van der Waals surface area contributed by atoms with Crippen LogP contribution >= 0.6 is 0 Å². The molecule has 3 rings (SSSR count). The predicted molar refractivity (Wildman–Crippen MR) is 83.7 cm³/mol. The van der Waals surface area contributed by atoms with E-state index in [0.717, 1.165) is 0 Å². The second-order valence-corrected chi connectivity index (χ2v) is 4.63. The van der Waals surface area contributed by atoms with Crippen molar-refractivity contribution in [2.75, 3.05) is 12.8 Å². The number of fused-ring (bicyclic) bond motifs is 1. The molecule has 1 aromatic carbocycles. The third-order valence-corrected chi connectivity index (χ3v) is 3.17. The van der Waals surface area contributed by atoms with Crippen LogP contribution in [-0.4, -0.2) is 33.0 Å². The molecule has 0 aliphatic carbocycles. The first-order valence-corrected chi connectivity index (χ1v) is 6.83. The third-order valence-electron chi connectivity index (χ3n) is 3.17. The molecular formula is C15H14N6O2. The Bertz CT molecular complexity index is 853. The van der Waals surface area contributed by atoms with Crippen molar-refractivity contribution in [3.8, 4) is 5.75 Å². The van der Waals surface area contributed by atoms with Crippen LogP contribution in [0.15, 0.2) is 36.7 Å². The van der Waals surface area contributed by atoms with Crippen LogP contribution in [0.5, 0.6) is 5.75 Å². The van der Waals surface area contributed by atoms with Gasteiger partial charge in [-0.3, -0.25) is 4.79 Å². The summed E-state index contributed by atoms with van der Waals surface area (Å²) in [4.78, 5) is 28.7. The molecule has 0 bridgehead atoms. The number of nitrogens with zero attached hydrogens (tertiary/aromatic N) is 4. The number of nitrogens with one attached hydrogen (secondary N) is 1. The third kappa shape index (κ3) is 3.00. The first-order valence-electron chi connectivity index (χ1n) is 6.83. The Kier molecular flexibility index (Phi) is 3.96. The van der Waals surface area contributed by atoms with Gasteiger partial charge in [0, 0.05) is 17.8 Å². The number of benzene rings is 1. The highest BCUT2D eigenvalue weighted by atomic mass is 16.5. The molecule has 8 heteroatoms. The molecular weight excluding hydrogens is 296 g/mol. The van der Waals surface area contributed by atoms with Crippen LogP contribution in [0.2, 0.25) is 0 Å². The topological polar surface area (TPSA) is 116 Å². The molecule has 2 aromatic heterocycles. The summed E-state index contributed by atoms with van der Waals surface area (Å²) in [6.45, 7) is 0.190. The first kappa shape index (κ1) is 14.6. The summed E-state index contributed by atoms with van der Waals surface area (Å²) >= 11 is 0. The summed E-state index contributed by atoms with van der Waals surface area (Å²) in [5, 5.41) is 3.28. The molecule has 1 amide bonds. The van der Waals surface area contributed by atoms with Gasteiger partial charge < -0.3 is 15.8 Å². The summed E-state index contributed by atoms with van der Waals surface area (Å²) in [6, 6.07) is 6.95. The van der Waals surface area contributed by atoms with Crippen LogP contribution in [0.4, 0.5) is 5.95 Å². The number of methoxy groups -OCH3 is 1. The van der Waals surface area contributed by atoms with E-state index in [1.165, 1.54) is 7.11 Å². The van der Waals surface area contributed by atoms with Crippen molar-refractivity contribution in [1.29, 1.82) is 0 Å². The summed E-state index contributed by atoms with van der Waals surface area (Å²) in [7, 11) is 1.53. The minimum absolute atomic E-state index is 0.00288. The van der Waals surface area contributed by atoms with Gasteiger partial charge in [0.2, 0.25) is 5.95 Å². The average Bonchev–Trinajstić information content (AvgIpc) is 2.59. The molecule has 8 nitrogen and oxygen atoms in total. The number of para-hydroxylation sites is 1. The first-order chi connectivity index (χ1) is 11.2. The molecule has 23 heavy (non-hydrogen) atoms. The van der Waals surface area contributed by atoms with Crippen LogP contribution < -0.4 is 15.8 Å². The molecule has 0 unspecified atom stereocenters. The fraction of sp³-hybridized carbons (Fsp3) is 0.133. The lowest BCUT2D eigenvalue weighted by atomic mass is 10.1. The second kappa shape index (κ2) is 6.22. The van der Waals surface area contributed by atoms with E-state index < -0.39 is 0 Å². The van der Waals surface area contributed by atoms with Crippen molar-refractivity contribution in [2.45, 2.75) is 6.54 Å². The van der Waals surface area contributed by atoms with Gasteiger partial charge in [0.1, 0.15) is 22.8 Å². The molecule has 3 aromatic rings. The number of amides is 1. The number of nitrogens with two attached hydrogens (primary N) is 1. The largest absolute Gasteiger partial charge is 0.494 e. The molecule has 0 saturated carbocycles. The van der Waals surface area contributed by atoms with Gasteiger partial charge in [0.25, 0.3) is 5.91 Å². The maximum atomic E-state index is 12.4. The van der Waals surface area contributed by atoms with Gasteiger partial charge in [-0.15, -0.1) is 0 Å². The number of carbonyl (C=O) groups excluding carboxylic acids is 1. The van der Waals surface area contributed by atoms with Gasteiger partial charge in [0.15, 0.2) is 0 Å². The Morgan fingerprint density at radius 1 is 1.22 bits per heavy atom. The van der Waals surface area contributed by atoms with Crippen molar-refractivity contribution < 1.29 is 9.53 Å². The van der Waals surface area contributed by atoms with Gasteiger partial charge in [-0.1, -0.05) is 12.1 Å². The monoisotopic (exact) mass is 310 g/mol. The summed E-state index contributed by atoms with van der Waals surface area (Å²) in [5.74, 6) is 0.648. The zero-order valence-corrected chi connectivity index (χ0v) is 12.4. The number of nitrogen functional groups attached to an aromatic ring is 1. The minimum Gasteiger partial charge on any atom is -0.494 e. The van der Waals surface area contributed by atoms with Crippen LogP contribution in [0.25, 0.3) is 10.9 Å². The Morgan fingerprint density at radius 2 is 2.00 bits per heavy atom. The lowest BCUT2D eigenvalue weighted by molar-refractivity contribution is 0.0946. The van der Waals surface area contributed by atoms with E-state index in [0.29, 0.717) is 22.5 Å². The predicted octanol–water partition coefficient (Wildman–Crippen LogP) is 0.941. The maximum Gasteiger partial charge on any atom is 0.271 e. The zero-order chi connectivity index (χ0) is 16.2. The van der Waals surface area contributed by atoms with E-state index in [1.807, 2.05) is 0 Å². The lowest BCUT2D eigenvalue weighted by Gasteiger charge is -2.09. The molecule has 0 spiro atoms. The molecule has 0 radical (unpaired) electrons. The van der Waals surface area contributed by atoms with E-state index in [1.54, 1.807) is 36.7 Å². The number of hydrogen-bond acceptors (Lipinski definition) is 7. The van der Waals surface area contributed by atoms with Gasteiger partial charge in [-0.25, -0.2) is 19.9 Å². The molecule has 116 valence electrons. The van der Waals surface area contributed by atoms with E-state index in [9.17, 15) is 4.79 Å². The highest BCUT2D eigenvalue weighted by Crippen LogP contribution is 2.25. The molecule has 0 aliphatic rings. The fourth-order valence-corrected chi connectivity index (χ4v) is 2.15. The SMILES string of the molecule is COc1cccc2c(C(=O)NCc3ncccn3)nc(N)nc12. The van der Waals surface area contributed by atoms with E-state index in [-0.39, 0.29) is 24.1 Å². The standard InChI is InChI=1S/C15H14N6O2/c1-23-10-5-2-4-9-12(10)20-15(16)21-13(9)14(22)19-8-11-17-6-3-7-18-11/h2-7H,8H2,1H3,(H,19,22)(H2,16,20,21). The Balaban J connectivity index is 1.94. The fourth-order valence-electron chi connectivity index (χ4n) is 2.15. The van der Waals surface area contributed by atoms with Crippen molar-refractivity contribution in [3.63, 3.8) is 0 Å². The minimum atomic E-state index is -0.384. The van der Waals surface area contributed by atoms with Crippen LogP contribution in [0.3, 0.4) is 0 Å². The summed E-state index contributed by atoms with van der Waals surface area (Å²) in [5.41, 5.74) is 6.38. The maximum absolute atomic E-state index is 12.4. The Hall–Kier alpha value is -3.29. The highest BCUT2D eigenvalue weighted by molar-refractivity contribution is 6.05. The van der Waals surface area contributed by atoms with Gasteiger partial charge in [-0.2, -0.15) is 0 Å². The molecule has 3 N–H and O–H groups in total. The molecule has 0 fully saturated rings. The van der Waals surface area contributed by atoms with E-state index in [2.05, 4.69) is 25.3 Å². The van der Waals surface area contributed by atoms with Crippen LogP contribution in [0, 0.1) is 0 Å². The van der Waals surface area contributed by atoms with Crippen LogP contribution in [0.1, 0.15) is 16.3 Å². The molecule has 0 aliphatic heterocycles. The van der Waals surface area contributed by atoms with Gasteiger partial charge in [-0.05, 0) is 12.1 Å². The van der Waals surface area contributed by atoms with Crippen molar-refractivity contribution in [3.05, 3.63) is 48.2 Å².